The number of benzene rings is 1. The largest absolute Gasteiger partial charge is 0.444 e. The fourth-order valence-corrected chi connectivity index (χ4v) is 5.74. The normalized spacial score (nSPS) is 20.9. The van der Waals surface area contributed by atoms with Gasteiger partial charge in [-0.15, -0.1) is 11.8 Å². The lowest BCUT2D eigenvalue weighted by Crippen LogP contribution is -2.43. The third-order valence-corrected chi connectivity index (χ3v) is 7.13. The molecule has 4 rings (SSSR count). The minimum absolute atomic E-state index is 0.0496. The molecule has 5 nitrogen and oxygen atoms in total. The standard InChI is InChI=1S/C26H32N2O3S/c1-26(2,3)31-25(30)27-16-23(29)28-14-7-6-13-22(28)21-12-8-11-19-15-18-9-4-5-10-20(18)17-32-24(19)21/h4-5,8-11H,6-7,12-17H2,1-3H3,(H,27,30). The summed E-state index contributed by atoms with van der Waals surface area (Å²) in [7, 11) is 0. The number of hydrogen-bond acceptors (Lipinski definition) is 4. The Morgan fingerprint density at radius 1 is 1.16 bits per heavy atom. The van der Waals surface area contributed by atoms with Gasteiger partial charge in [-0.1, -0.05) is 36.4 Å². The summed E-state index contributed by atoms with van der Waals surface area (Å²) in [5.41, 5.74) is 5.95. The van der Waals surface area contributed by atoms with E-state index >= 15 is 0 Å². The van der Waals surface area contributed by atoms with Gasteiger partial charge < -0.3 is 15.0 Å². The Bertz CT molecular complexity index is 1000. The van der Waals surface area contributed by atoms with Gasteiger partial charge in [0.1, 0.15) is 12.1 Å². The van der Waals surface area contributed by atoms with Crippen LogP contribution in [0.1, 0.15) is 57.6 Å². The Hall–Kier alpha value is -2.47. The molecule has 1 aliphatic carbocycles. The van der Waals surface area contributed by atoms with Crippen LogP contribution in [0.25, 0.3) is 0 Å². The summed E-state index contributed by atoms with van der Waals surface area (Å²) in [6, 6.07) is 8.66. The van der Waals surface area contributed by atoms with E-state index in [-0.39, 0.29) is 12.5 Å². The number of allylic oxidation sites excluding steroid dienone is 5. The first kappa shape index (κ1) is 22.7. The second-order valence-corrected chi connectivity index (χ2v) is 10.5. The molecule has 0 aromatic heterocycles. The van der Waals surface area contributed by atoms with Crippen LogP contribution in [0.15, 0.2) is 58.2 Å². The van der Waals surface area contributed by atoms with Gasteiger partial charge in [0.05, 0.1) is 0 Å². The number of ether oxygens (including phenoxy) is 1. The molecule has 1 fully saturated rings. The fraction of sp³-hybridized carbons (Fsp3) is 0.462. The van der Waals surface area contributed by atoms with Crippen molar-refractivity contribution in [2.45, 2.75) is 64.2 Å². The van der Waals surface area contributed by atoms with Crippen molar-refractivity contribution in [1.29, 1.82) is 0 Å². The van der Waals surface area contributed by atoms with Crippen LogP contribution in [0.4, 0.5) is 4.79 Å². The SMILES string of the molecule is CC(C)(C)OC(=O)NCC(=O)N1CCCCC1=C1CC=CC2=C1SCc1ccccc1C2. The summed E-state index contributed by atoms with van der Waals surface area (Å²) in [4.78, 5) is 28.4. The molecule has 1 aromatic rings. The van der Waals surface area contributed by atoms with E-state index < -0.39 is 11.7 Å². The number of amides is 2. The number of rotatable bonds is 2. The lowest BCUT2D eigenvalue weighted by atomic mass is 9.91. The average Bonchev–Trinajstić information content (AvgIpc) is 2.95. The van der Waals surface area contributed by atoms with Gasteiger partial charge in [0.2, 0.25) is 5.91 Å². The molecule has 6 heteroatoms. The predicted octanol–water partition coefficient (Wildman–Crippen LogP) is 5.48. The molecule has 2 amide bonds. The van der Waals surface area contributed by atoms with Crippen molar-refractivity contribution >= 4 is 23.8 Å². The van der Waals surface area contributed by atoms with Crippen molar-refractivity contribution in [3.63, 3.8) is 0 Å². The zero-order valence-corrected chi connectivity index (χ0v) is 20.0. The molecule has 1 N–H and O–H groups in total. The number of carbonyl (C=O) groups excluding carboxylic acids is 2. The van der Waals surface area contributed by atoms with Crippen molar-refractivity contribution < 1.29 is 14.3 Å². The number of nitrogens with zero attached hydrogens (tertiary/aromatic N) is 1. The zero-order chi connectivity index (χ0) is 22.7. The number of nitrogens with one attached hydrogen (secondary N) is 1. The third kappa shape index (κ3) is 5.29. The number of alkyl carbamates (subject to hydrolysis) is 1. The van der Waals surface area contributed by atoms with Crippen LogP contribution >= 0.6 is 11.8 Å². The Balaban J connectivity index is 1.55. The minimum atomic E-state index is -0.586. The maximum absolute atomic E-state index is 13.1. The molecule has 0 bridgehead atoms. The molecule has 1 aromatic carbocycles. The van der Waals surface area contributed by atoms with Crippen LogP contribution in [0.5, 0.6) is 0 Å². The fourth-order valence-electron chi connectivity index (χ4n) is 4.45. The summed E-state index contributed by atoms with van der Waals surface area (Å²) in [5.74, 6) is 0.880. The van der Waals surface area contributed by atoms with Crippen LogP contribution in [0, 0.1) is 0 Å². The van der Waals surface area contributed by atoms with Gasteiger partial charge in [0.15, 0.2) is 0 Å². The highest BCUT2D eigenvalue weighted by atomic mass is 32.2. The highest BCUT2D eigenvalue weighted by molar-refractivity contribution is 8.02. The van der Waals surface area contributed by atoms with E-state index in [1.807, 2.05) is 37.4 Å². The van der Waals surface area contributed by atoms with Gasteiger partial charge in [-0.25, -0.2) is 4.79 Å². The van der Waals surface area contributed by atoms with Crippen molar-refractivity contribution in [3.8, 4) is 0 Å². The summed E-state index contributed by atoms with van der Waals surface area (Å²) < 4.78 is 5.28. The monoisotopic (exact) mass is 452 g/mol. The van der Waals surface area contributed by atoms with E-state index in [0.717, 1.165) is 43.6 Å². The van der Waals surface area contributed by atoms with E-state index in [0.29, 0.717) is 6.54 Å². The smallest absolute Gasteiger partial charge is 0.408 e. The number of hydrogen-bond donors (Lipinski definition) is 1. The van der Waals surface area contributed by atoms with Gasteiger partial charge in [0.25, 0.3) is 0 Å². The van der Waals surface area contributed by atoms with Crippen molar-refractivity contribution in [2.24, 2.45) is 0 Å². The number of thioether (sulfide) groups is 1. The highest BCUT2D eigenvalue weighted by Crippen LogP contribution is 2.43. The zero-order valence-electron chi connectivity index (χ0n) is 19.2. The first-order valence-corrected chi connectivity index (χ1v) is 12.4. The summed E-state index contributed by atoms with van der Waals surface area (Å²) in [6.07, 6.45) is 8.67. The lowest BCUT2D eigenvalue weighted by Gasteiger charge is -2.34. The first-order valence-electron chi connectivity index (χ1n) is 11.4. The minimum Gasteiger partial charge on any atom is -0.444 e. The molecule has 0 saturated carbocycles. The second kappa shape index (κ2) is 9.57. The van der Waals surface area contributed by atoms with E-state index in [1.165, 1.54) is 27.2 Å². The summed E-state index contributed by atoms with van der Waals surface area (Å²) >= 11 is 1.89. The van der Waals surface area contributed by atoms with Crippen molar-refractivity contribution in [3.05, 3.63) is 69.3 Å². The van der Waals surface area contributed by atoms with Crippen LogP contribution in [-0.4, -0.2) is 35.6 Å². The van der Waals surface area contributed by atoms with Gasteiger partial charge in [-0.05, 0) is 75.1 Å². The van der Waals surface area contributed by atoms with Crippen LogP contribution in [-0.2, 0) is 21.7 Å². The molecular weight excluding hydrogens is 420 g/mol. The molecular formula is C26H32N2O3S. The van der Waals surface area contributed by atoms with Crippen LogP contribution < -0.4 is 5.32 Å². The number of fused-ring (bicyclic) bond motifs is 1. The van der Waals surface area contributed by atoms with Crippen molar-refractivity contribution in [1.82, 2.24) is 10.2 Å². The number of carbonyl (C=O) groups is 2. The topological polar surface area (TPSA) is 58.6 Å². The highest BCUT2D eigenvalue weighted by Gasteiger charge is 2.29. The Labute approximate surface area is 195 Å². The predicted molar refractivity (Wildman–Crippen MR) is 129 cm³/mol. The molecule has 2 aliphatic heterocycles. The molecule has 0 radical (unpaired) electrons. The quantitative estimate of drug-likeness (QED) is 0.645. The van der Waals surface area contributed by atoms with Gasteiger partial charge in [-0.3, -0.25) is 4.79 Å². The molecule has 3 aliphatic rings. The lowest BCUT2D eigenvalue weighted by molar-refractivity contribution is -0.129. The van der Waals surface area contributed by atoms with Crippen LogP contribution in [0.2, 0.25) is 0 Å². The van der Waals surface area contributed by atoms with Crippen LogP contribution in [0.3, 0.4) is 0 Å². The molecule has 32 heavy (non-hydrogen) atoms. The molecule has 2 heterocycles. The van der Waals surface area contributed by atoms with Gasteiger partial charge in [-0.2, -0.15) is 0 Å². The Morgan fingerprint density at radius 3 is 2.72 bits per heavy atom. The van der Waals surface area contributed by atoms with E-state index in [2.05, 4.69) is 41.7 Å². The Morgan fingerprint density at radius 2 is 1.94 bits per heavy atom. The molecule has 0 unspecified atom stereocenters. The summed E-state index contributed by atoms with van der Waals surface area (Å²) in [6.45, 7) is 6.08. The first-order chi connectivity index (χ1) is 15.3. The second-order valence-electron chi connectivity index (χ2n) is 9.48. The number of likely N-dealkylation sites (tertiary alicyclic amines) is 1. The summed E-state index contributed by atoms with van der Waals surface area (Å²) in [5, 5.41) is 2.63. The molecule has 0 spiro atoms. The van der Waals surface area contributed by atoms with E-state index in [4.69, 9.17) is 4.74 Å². The maximum Gasteiger partial charge on any atom is 0.408 e. The molecule has 1 saturated heterocycles. The molecule has 0 atom stereocenters. The van der Waals surface area contributed by atoms with Gasteiger partial charge in [0, 0.05) is 22.9 Å². The van der Waals surface area contributed by atoms with E-state index in [9.17, 15) is 9.59 Å². The van der Waals surface area contributed by atoms with Gasteiger partial charge >= 0.3 is 6.09 Å². The Kier molecular flexibility index (Phi) is 6.79. The van der Waals surface area contributed by atoms with E-state index in [1.54, 1.807) is 0 Å². The number of piperidine rings is 1. The van der Waals surface area contributed by atoms with Crippen molar-refractivity contribution in [2.75, 3.05) is 13.1 Å². The average molecular weight is 453 g/mol. The maximum atomic E-state index is 13.1. The third-order valence-electron chi connectivity index (χ3n) is 5.88. The molecule has 170 valence electrons.